The van der Waals surface area contributed by atoms with E-state index in [2.05, 4.69) is 88.4 Å². The second kappa shape index (κ2) is 9.56. The zero-order valence-corrected chi connectivity index (χ0v) is 22.9. The summed E-state index contributed by atoms with van der Waals surface area (Å²) in [4.78, 5) is 11.7. The minimum Gasteiger partial charge on any atom is -0.426 e. The summed E-state index contributed by atoms with van der Waals surface area (Å²) in [6.45, 7) is 9.70. The fourth-order valence-corrected chi connectivity index (χ4v) is 10.8. The quantitative estimate of drug-likeness (QED) is 0.413. The molecular weight excluding hydrogens is 468 g/mol. The monoisotopic (exact) mass is 506 g/mol. The molecule has 6 heteroatoms. The second-order valence-electron chi connectivity index (χ2n) is 11.6. The highest BCUT2D eigenvalue weighted by Gasteiger charge is 2.54. The van der Waals surface area contributed by atoms with Crippen LogP contribution in [0.4, 0.5) is 0 Å². The summed E-state index contributed by atoms with van der Waals surface area (Å²) in [6.07, 6.45) is 7.29. The summed E-state index contributed by atoms with van der Waals surface area (Å²) in [5, 5.41) is 2.55. The number of rotatable bonds is 6. The minimum absolute atomic E-state index is 0.0437. The van der Waals surface area contributed by atoms with Crippen molar-refractivity contribution in [3.63, 3.8) is 0 Å². The maximum Gasteiger partial charge on any atom is 0.333 e. The summed E-state index contributed by atoms with van der Waals surface area (Å²) in [5.74, 6) is -1.22. The van der Waals surface area contributed by atoms with Crippen LogP contribution in [-0.2, 0) is 23.4 Å². The van der Waals surface area contributed by atoms with E-state index < -0.39 is 14.1 Å². The van der Waals surface area contributed by atoms with Gasteiger partial charge in [-0.15, -0.1) is 0 Å². The first kappa shape index (κ1) is 25.4. The highest BCUT2D eigenvalue weighted by molar-refractivity contribution is 6.99. The van der Waals surface area contributed by atoms with Crippen LogP contribution in [0.1, 0.15) is 59.8 Å². The van der Waals surface area contributed by atoms with Crippen LogP contribution in [0.25, 0.3) is 0 Å². The Balaban J connectivity index is 1.30. The highest BCUT2D eigenvalue weighted by atomic mass is 28.4. The third-order valence-corrected chi connectivity index (χ3v) is 13.1. The van der Waals surface area contributed by atoms with Gasteiger partial charge in [0.1, 0.15) is 0 Å². The Labute approximate surface area is 215 Å². The number of fused-ring (bicyclic) bond motifs is 1. The van der Waals surface area contributed by atoms with E-state index in [4.69, 9.17) is 18.6 Å². The first-order valence-corrected chi connectivity index (χ1v) is 15.1. The lowest BCUT2D eigenvalue weighted by Gasteiger charge is -2.51. The number of hydrogen-bond donors (Lipinski definition) is 0. The molecule has 2 aromatic carbocycles. The summed E-state index contributed by atoms with van der Waals surface area (Å²) in [6, 6.07) is 21.5. The molecule has 3 aliphatic rings. The van der Waals surface area contributed by atoms with Gasteiger partial charge in [0, 0.05) is 19.1 Å². The van der Waals surface area contributed by atoms with Crippen LogP contribution in [-0.4, -0.2) is 44.5 Å². The molecule has 0 aliphatic carbocycles. The van der Waals surface area contributed by atoms with Crippen molar-refractivity contribution in [2.24, 2.45) is 0 Å². The maximum absolute atomic E-state index is 11.7. The molecule has 1 spiro atoms. The molecule has 5 rings (SSSR count). The van der Waals surface area contributed by atoms with Crippen LogP contribution in [0.3, 0.4) is 0 Å². The molecule has 36 heavy (non-hydrogen) atoms. The summed E-state index contributed by atoms with van der Waals surface area (Å²) in [7, 11) is -2.55. The number of ether oxygens (including phenoxy) is 3. The predicted molar refractivity (Wildman–Crippen MR) is 143 cm³/mol. The molecule has 0 bridgehead atoms. The van der Waals surface area contributed by atoms with E-state index in [1.807, 2.05) is 0 Å². The molecular formula is C30H38O5Si. The smallest absolute Gasteiger partial charge is 0.333 e. The Morgan fingerprint density at radius 2 is 1.58 bits per heavy atom. The average molecular weight is 507 g/mol. The third kappa shape index (κ3) is 4.60. The summed E-state index contributed by atoms with van der Waals surface area (Å²) in [5.41, 5.74) is -0.381. The number of carbonyl (C=O) groups excluding carboxylic acids is 1. The number of esters is 1. The topological polar surface area (TPSA) is 54.0 Å². The molecule has 0 radical (unpaired) electrons. The van der Waals surface area contributed by atoms with E-state index in [-0.39, 0.29) is 28.8 Å². The molecule has 0 unspecified atom stereocenters. The average Bonchev–Trinajstić information content (AvgIpc) is 3.22. The Bertz CT molecular complexity index is 1060. The molecule has 3 heterocycles. The van der Waals surface area contributed by atoms with E-state index >= 15 is 0 Å². The van der Waals surface area contributed by atoms with E-state index in [1.54, 1.807) is 6.08 Å². The van der Waals surface area contributed by atoms with Crippen molar-refractivity contribution in [1.82, 2.24) is 0 Å². The van der Waals surface area contributed by atoms with Gasteiger partial charge in [-0.2, -0.15) is 0 Å². The van der Waals surface area contributed by atoms with Gasteiger partial charge in [-0.3, -0.25) is 0 Å². The first-order valence-electron chi connectivity index (χ1n) is 13.2. The van der Waals surface area contributed by atoms with Gasteiger partial charge in [-0.05, 0) is 54.1 Å². The van der Waals surface area contributed by atoms with Crippen LogP contribution in [0, 0.1) is 0 Å². The zero-order chi connectivity index (χ0) is 25.4. The first-order chi connectivity index (χ1) is 17.2. The van der Waals surface area contributed by atoms with Gasteiger partial charge < -0.3 is 18.6 Å². The standard InChI is InChI=1S/C30H38O5Si/c1-28(2,3)36(24-11-7-5-8-12-24,25-13-9-6-10-14-25)32-22-18-23-15-16-26-29(4,33-23)20-21-30(34-26)19-17-27(31)35-30/h5-14,17,19,23,26H,15-16,18,20-22H2,1-4H3/t23-,26+,29-,30+/m0/s1. The van der Waals surface area contributed by atoms with Gasteiger partial charge in [0.2, 0.25) is 5.79 Å². The fourth-order valence-electron chi connectivity index (χ4n) is 6.22. The Morgan fingerprint density at radius 3 is 2.14 bits per heavy atom. The molecule has 0 saturated carbocycles. The molecule has 4 atom stereocenters. The van der Waals surface area contributed by atoms with Crippen LogP contribution >= 0.6 is 0 Å². The molecule has 0 amide bonds. The van der Waals surface area contributed by atoms with Crippen molar-refractivity contribution >= 4 is 24.7 Å². The van der Waals surface area contributed by atoms with E-state index in [0.717, 1.165) is 25.7 Å². The van der Waals surface area contributed by atoms with Crippen molar-refractivity contribution < 1.29 is 23.4 Å². The molecule has 3 aliphatic heterocycles. The van der Waals surface area contributed by atoms with Gasteiger partial charge in [0.15, 0.2) is 0 Å². The molecule has 2 aromatic rings. The van der Waals surface area contributed by atoms with E-state index in [9.17, 15) is 4.79 Å². The summed E-state index contributed by atoms with van der Waals surface area (Å²) >= 11 is 0. The van der Waals surface area contributed by atoms with Crippen LogP contribution in [0.15, 0.2) is 72.8 Å². The van der Waals surface area contributed by atoms with Gasteiger partial charge in [-0.1, -0.05) is 81.4 Å². The SMILES string of the molecule is CC(C)(C)[Si](OCC[C@@H]1CC[C@H]2O[C@@]3(C=CC(=O)O3)CC[C@]2(C)O1)(c1ccccc1)c1ccccc1. The van der Waals surface area contributed by atoms with Crippen LogP contribution in [0.2, 0.25) is 5.04 Å². The van der Waals surface area contributed by atoms with E-state index in [0.29, 0.717) is 13.0 Å². The zero-order valence-electron chi connectivity index (χ0n) is 21.9. The summed E-state index contributed by atoms with van der Waals surface area (Å²) < 4.78 is 25.5. The second-order valence-corrected chi connectivity index (χ2v) is 15.9. The van der Waals surface area contributed by atoms with Crippen LogP contribution in [0.5, 0.6) is 0 Å². The van der Waals surface area contributed by atoms with E-state index in [1.165, 1.54) is 16.4 Å². The normalized spacial score (nSPS) is 30.3. The molecule has 192 valence electrons. The van der Waals surface area contributed by atoms with Gasteiger partial charge in [-0.25, -0.2) is 4.79 Å². The lowest BCUT2D eigenvalue weighted by molar-refractivity contribution is -0.307. The molecule has 0 aromatic heterocycles. The number of carbonyl (C=O) groups is 1. The largest absolute Gasteiger partial charge is 0.426 e. The molecule has 2 fully saturated rings. The maximum atomic E-state index is 11.7. The lowest BCUT2D eigenvalue weighted by Crippen LogP contribution is -2.66. The Hall–Kier alpha value is -2.25. The molecule has 0 N–H and O–H groups in total. The number of hydrogen-bond acceptors (Lipinski definition) is 5. The van der Waals surface area contributed by atoms with Crippen molar-refractivity contribution in [1.29, 1.82) is 0 Å². The minimum atomic E-state index is -2.55. The highest BCUT2D eigenvalue weighted by Crippen LogP contribution is 2.46. The molecule has 5 nitrogen and oxygen atoms in total. The van der Waals surface area contributed by atoms with Gasteiger partial charge in [0.25, 0.3) is 8.32 Å². The van der Waals surface area contributed by atoms with Crippen molar-refractivity contribution in [3.8, 4) is 0 Å². The molecule has 2 saturated heterocycles. The van der Waals surface area contributed by atoms with Crippen LogP contribution < -0.4 is 10.4 Å². The Morgan fingerprint density at radius 1 is 0.944 bits per heavy atom. The van der Waals surface area contributed by atoms with Crippen molar-refractivity contribution in [3.05, 3.63) is 72.8 Å². The van der Waals surface area contributed by atoms with Crippen molar-refractivity contribution in [2.75, 3.05) is 6.61 Å². The van der Waals surface area contributed by atoms with Gasteiger partial charge >= 0.3 is 5.97 Å². The fraction of sp³-hybridized carbons (Fsp3) is 0.500. The number of benzene rings is 2. The van der Waals surface area contributed by atoms with Crippen molar-refractivity contribution in [2.45, 2.75) is 88.4 Å². The Kier molecular flexibility index (Phi) is 6.75. The van der Waals surface area contributed by atoms with Gasteiger partial charge in [0.05, 0.1) is 17.8 Å². The predicted octanol–water partition coefficient (Wildman–Crippen LogP) is 4.88. The lowest BCUT2D eigenvalue weighted by atomic mass is 9.81. The third-order valence-electron chi connectivity index (χ3n) is 8.10.